The van der Waals surface area contributed by atoms with E-state index in [0.29, 0.717) is 29.6 Å². The Morgan fingerprint density at radius 2 is 1.52 bits per heavy atom. The number of anilines is 2. The number of hydrogen-bond donors (Lipinski definition) is 2. The molecule has 0 bridgehead atoms. The van der Waals surface area contributed by atoms with E-state index in [9.17, 15) is 22.8 Å². The number of ether oxygens (including phenoxy) is 2. The zero-order chi connectivity index (χ0) is 22.0. The summed E-state index contributed by atoms with van der Waals surface area (Å²) in [5.74, 6) is -0.444. The first-order valence-electron chi connectivity index (χ1n) is 9.08. The van der Waals surface area contributed by atoms with Crippen molar-refractivity contribution in [3.63, 3.8) is 0 Å². The van der Waals surface area contributed by atoms with Crippen LogP contribution in [0.2, 0.25) is 0 Å². The molecule has 2 amide bonds. The molecule has 0 aliphatic carbocycles. The van der Waals surface area contributed by atoms with Gasteiger partial charge in [-0.3, -0.25) is 9.59 Å². The highest BCUT2D eigenvalue weighted by Crippen LogP contribution is 2.39. The van der Waals surface area contributed by atoms with E-state index in [-0.39, 0.29) is 16.9 Å². The lowest BCUT2D eigenvalue weighted by atomic mass is 10.1. The minimum absolute atomic E-state index is 0.163. The third-order valence-corrected chi connectivity index (χ3v) is 5.24. The molecule has 1 aliphatic rings. The van der Waals surface area contributed by atoms with E-state index in [4.69, 9.17) is 9.47 Å². The molecule has 4 rings (SSSR count). The Morgan fingerprint density at radius 3 is 2.10 bits per heavy atom. The fourth-order valence-electron chi connectivity index (χ4n) is 2.92. The zero-order valence-corrected chi connectivity index (χ0v) is 16.6. The van der Waals surface area contributed by atoms with Gasteiger partial charge < -0.3 is 20.1 Å². The number of fused-ring (bicyclic) bond motifs is 1. The van der Waals surface area contributed by atoms with Crippen LogP contribution in [0.25, 0.3) is 0 Å². The Bertz CT molecular complexity index is 1130. The molecule has 3 aromatic rings. The predicted molar refractivity (Wildman–Crippen MR) is 109 cm³/mol. The van der Waals surface area contributed by atoms with Gasteiger partial charge in [0.05, 0.1) is 21.8 Å². The van der Waals surface area contributed by atoms with Crippen molar-refractivity contribution in [2.45, 2.75) is 6.18 Å². The van der Waals surface area contributed by atoms with Crippen molar-refractivity contribution in [2.75, 3.05) is 23.8 Å². The molecule has 0 saturated heterocycles. The molecule has 1 aromatic heterocycles. The van der Waals surface area contributed by atoms with E-state index in [1.54, 1.807) is 17.5 Å². The van der Waals surface area contributed by atoms with Crippen LogP contribution in [0, 0.1) is 0 Å². The number of nitrogens with one attached hydrogen (secondary N) is 2. The summed E-state index contributed by atoms with van der Waals surface area (Å²) in [5, 5.41) is 6.99. The Kier molecular flexibility index (Phi) is 5.55. The molecule has 160 valence electrons. The van der Waals surface area contributed by atoms with Gasteiger partial charge in [-0.15, -0.1) is 11.3 Å². The van der Waals surface area contributed by atoms with Crippen molar-refractivity contribution in [2.24, 2.45) is 0 Å². The number of thiophene rings is 1. The summed E-state index contributed by atoms with van der Waals surface area (Å²) in [7, 11) is 0. The van der Waals surface area contributed by atoms with Gasteiger partial charge in [-0.2, -0.15) is 13.2 Å². The SMILES string of the molecule is O=C(Nc1cc2c(cc1NC(=O)c1cccs1)OCCO2)c1cccc(C(F)(F)F)c1. The minimum atomic E-state index is -4.58. The third kappa shape index (κ3) is 4.64. The number of halogens is 3. The summed E-state index contributed by atoms with van der Waals surface area (Å²) in [4.78, 5) is 25.6. The number of rotatable bonds is 4. The van der Waals surface area contributed by atoms with Crippen LogP contribution in [0.5, 0.6) is 11.5 Å². The quantitative estimate of drug-likeness (QED) is 0.586. The number of hydrogen-bond acceptors (Lipinski definition) is 5. The highest BCUT2D eigenvalue weighted by atomic mass is 32.1. The number of amides is 2. The largest absolute Gasteiger partial charge is 0.486 e. The molecular weight excluding hydrogens is 433 g/mol. The van der Waals surface area contributed by atoms with Crippen LogP contribution in [0.15, 0.2) is 53.9 Å². The van der Waals surface area contributed by atoms with E-state index in [0.717, 1.165) is 18.2 Å². The lowest BCUT2D eigenvalue weighted by Gasteiger charge is -2.21. The number of alkyl halides is 3. The highest BCUT2D eigenvalue weighted by molar-refractivity contribution is 7.12. The summed E-state index contributed by atoms with van der Waals surface area (Å²) in [6.07, 6.45) is -4.58. The maximum Gasteiger partial charge on any atom is 0.416 e. The molecule has 10 heteroatoms. The predicted octanol–water partition coefficient (Wildman–Crippen LogP) is 5.04. The number of carbonyl (C=O) groups is 2. The summed E-state index contributed by atoms with van der Waals surface area (Å²) < 4.78 is 50.0. The van der Waals surface area contributed by atoms with Gasteiger partial charge in [0.1, 0.15) is 13.2 Å². The van der Waals surface area contributed by atoms with Crippen molar-refractivity contribution in [3.8, 4) is 11.5 Å². The number of benzene rings is 2. The average molecular weight is 448 g/mol. The van der Waals surface area contributed by atoms with Gasteiger partial charge >= 0.3 is 6.18 Å². The molecule has 0 saturated carbocycles. The van der Waals surface area contributed by atoms with Crippen molar-refractivity contribution >= 4 is 34.5 Å². The lowest BCUT2D eigenvalue weighted by molar-refractivity contribution is -0.137. The fourth-order valence-corrected chi connectivity index (χ4v) is 3.54. The second-order valence-corrected chi connectivity index (χ2v) is 7.45. The van der Waals surface area contributed by atoms with Crippen molar-refractivity contribution < 1.29 is 32.2 Å². The highest BCUT2D eigenvalue weighted by Gasteiger charge is 2.31. The molecule has 2 heterocycles. The molecule has 2 N–H and O–H groups in total. The minimum Gasteiger partial charge on any atom is -0.486 e. The smallest absolute Gasteiger partial charge is 0.416 e. The van der Waals surface area contributed by atoms with E-state index in [1.807, 2.05) is 0 Å². The first-order chi connectivity index (χ1) is 14.8. The van der Waals surface area contributed by atoms with Gasteiger partial charge in [0.2, 0.25) is 0 Å². The molecule has 0 unspecified atom stereocenters. The van der Waals surface area contributed by atoms with Crippen molar-refractivity contribution in [1.29, 1.82) is 0 Å². The second kappa shape index (κ2) is 8.31. The normalized spacial score (nSPS) is 12.9. The lowest BCUT2D eigenvalue weighted by Crippen LogP contribution is -2.19. The van der Waals surface area contributed by atoms with Crippen LogP contribution < -0.4 is 20.1 Å². The summed E-state index contributed by atoms with van der Waals surface area (Å²) in [5.41, 5.74) is -0.728. The summed E-state index contributed by atoms with van der Waals surface area (Å²) in [6, 6.07) is 10.4. The number of carbonyl (C=O) groups excluding carboxylic acids is 2. The monoisotopic (exact) mass is 448 g/mol. The van der Waals surface area contributed by atoms with Crippen LogP contribution >= 0.6 is 11.3 Å². The molecule has 0 radical (unpaired) electrons. The maximum absolute atomic E-state index is 13.0. The Labute approximate surface area is 178 Å². The molecule has 31 heavy (non-hydrogen) atoms. The maximum atomic E-state index is 13.0. The summed E-state index contributed by atoms with van der Waals surface area (Å²) in [6.45, 7) is 0.621. The van der Waals surface area contributed by atoms with E-state index >= 15 is 0 Å². The van der Waals surface area contributed by atoms with Gasteiger partial charge in [0.15, 0.2) is 11.5 Å². The van der Waals surface area contributed by atoms with E-state index in [1.165, 1.54) is 29.5 Å². The first kappa shape index (κ1) is 20.7. The van der Waals surface area contributed by atoms with Gasteiger partial charge in [-0.25, -0.2) is 0 Å². The van der Waals surface area contributed by atoms with Gasteiger partial charge in [-0.1, -0.05) is 12.1 Å². The van der Waals surface area contributed by atoms with Crippen LogP contribution in [-0.2, 0) is 6.18 Å². The second-order valence-electron chi connectivity index (χ2n) is 6.51. The zero-order valence-electron chi connectivity index (χ0n) is 15.8. The third-order valence-electron chi connectivity index (χ3n) is 4.38. The first-order valence-corrected chi connectivity index (χ1v) is 9.96. The fraction of sp³-hybridized carbons (Fsp3) is 0.143. The molecule has 1 aliphatic heterocycles. The van der Waals surface area contributed by atoms with Crippen LogP contribution in [0.1, 0.15) is 25.6 Å². The van der Waals surface area contributed by atoms with Crippen molar-refractivity contribution in [1.82, 2.24) is 0 Å². The average Bonchev–Trinajstić information content (AvgIpc) is 3.29. The molecule has 0 atom stereocenters. The molecule has 0 spiro atoms. The Balaban J connectivity index is 1.65. The molecule has 6 nitrogen and oxygen atoms in total. The molecule has 2 aromatic carbocycles. The van der Waals surface area contributed by atoms with Gasteiger partial charge in [-0.05, 0) is 29.6 Å². The molecular formula is C21H15F3N2O4S. The van der Waals surface area contributed by atoms with Crippen LogP contribution in [0.3, 0.4) is 0 Å². The van der Waals surface area contributed by atoms with E-state index in [2.05, 4.69) is 10.6 Å². The Hall–Kier alpha value is -3.53. The van der Waals surface area contributed by atoms with E-state index < -0.39 is 23.6 Å². The van der Waals surface area contributed by atoms with Crippen LogP contribution in [-0.4, -0.2) is 25.0 Å². The topological polar surface area (TPSA) is 76.7 Å². The Morgan fingerprint density at radius 1 is 0.871 bits per heavy atom. The van der Waals surface area contributed by atoms with Crippen LogP contribution in [0.4, 0.5) is 24.5 Å². The van der Waals surface area contributed by atoms with Gasteiger partial charge in [0.25, 0.3) is 11.8 Å². The standard InChI is InChI=1S/C21H15F3N2O4S/c22-21(23,24)13-4-1-3-12(9-13)19(27)25-14-10-16-17(30-7-6-29-16)11-15(14)26-20(28)18-5-2-8-31-18/h1-5,8-11H,6-7H2,(H,25,27)(H,26,28). The van der Waals surface area contributed by atoms with Crippen molar-refractivity contribution in [3.05, 3.63) is 69.9 Å². The molecule has 0 fully saturated rings. The van der Waals surface area contributed by atoms with Gasteiger partial charge in [0, 0.05) is 17.7 Å². The summed E-state index contributed by atoms with van der Waals surface area (Å²) >= 11 is 1.24.